The highest BCUT2D eigenvalue weighted by molar-refractivity contribution is 7.71. The summed E-state index contributed by atoms with van der Waals surface area (Å²) in [6.45, 7) is 7.00. The van der Waals surface area contributed by atoms with E-state index in [1.807, 2.05) is 23.6 Å². The average Bonchev–Trinajstić information content (AvgIpc) is 2.64. The molecule has 0 spiro atoms. The molecule has 1 aromatic carbocycles. The maximum atomic E-state index is 9.95. The fourth-order valence-electron chi connectivity index (χ4n) is 1.89. The van der Waals surface area contributed by atoms with Crippen molar-refractivity contribution in [3.8, 4) is 17.1 Å². The van der Waals surface area contributed by atoms with Gasteiger partial charge >= 0.3 is 0 Å². The van der Waals surface area contributed by atoms with E-state index in [2.05, 4.69) is 24.0 Å². The van der Waals surface area contributed by atoms with E-state index in [0.717, 1.165) is 12.1 Å². The Morgan fingerprint density at radius 1 is 1.44 bits per heavy atom. The molecule has 0 aliphatic carbocycles. The smallest absolute Gasteiger partial charge is 0.195 e. The van der Waals surface area contributed by atoms with Crippen molar-refractivity contribution < 1.29 is 5.11 Å². The van der Waals surface area contributed by atoms with Gasteiger partial charge in [0.15, 0.2) is 10.6 Å². The number of phenols is 1. The second-order valence-corrected chi connectivity index (χ2v) is 5.26. The highest BCUT2D eigenvalue weighted by Gasteiger charge is 2.13. The standard InChI is InChI=1S/C13H17N3OS/c1-8(2)7-16-12(14-15-13(16)18)10-6-9(3)4-5-11(10)17/h4-6,8,17H,7H2,1-3H3,(H,15,18). The van der Waals surface area contributed by atoms with Crippen molar-refractivity contribution in [2.45, 2.75) is 27.3 Å². The van der Waals surface area contributed by atoms with Gasteiger partial charge < -0.3 is 5.11 Å². The van der Waals surface area contributed by atoms with Crippen molar-refractivity contribution in [1.29, 1.82) is 0 Å². The SMILES string of the molecule is Cc1ccc(O)c(-c2n[nH]c(=S)n2CC(C)C)c1. The number of H-pyrrole nitrogens is 1. The van der Waals surface area contributed by atoms with E-state index in [-0.39, 0.29) is 5.75 Å². The lowest BCUT2D eigenvalue weighted by Crippen LogP contribution is -2.06. The molecule has 2 N–H and O–H groups in total. The van der Waals surface area contributed by atoms with Crippen LogP contribution in [0.5, 0.6) is 5.75 Å². The van der Waals surface area contributed by atoms with Crippen molar-refractivity contribution in [3.05, 3.63) is 28.5 Å². The van der Waals surface area contributed by atoms with Crippen LogP contribution in [0.1, 0.15) is 19.4 Å². The molecule has 0 atom stereocenters. The number of rotatable bonds is 3. The number of aromatic hydroxyl groups is 1. The number of nitrogens with zero attached hydrogens (tertiary/aromatic N) is 2. The fourth-order valence-corrected chi connectivity index (χ4v) is 2.09. The summed E-state index contributed by atoms with van der Waals surface area (Å²) in [4.78, 5) is 0. The first-order valence-electron chi connectivity index (χ1n) is 5.94. The van der Waals surface area contributed by atoms with Crippen molar-refractivity contribution in [3.63, 3.8) is 0 Å². The topological polar surface area (TPSA) is 53.8 Å². The number of aromatic amines is 1. The molecule has 0 amide bonds. The molecule has 96 valence electrons. The second kappa shape index (κ2) is 4.94. The molecule has 0 saturated carbocycles. The first-order valence-corrected chi connectivity index (χ1v) is 6.35. The zero-order valence-corrected chi connectivity index (χ0v) is 11.6. The summed E-state index contributed by atoms with van der Waals surface area (Å²) in [7, 11) is 0. The van der Waals surface area contributed by atoms with Crippen LogP contribution in [0.4, 0.5) is 0 Å². The molecule has 5 heteroatoms. The van der Waals surface area contributed by atoms with Crippen LogP contribution in [0.25, 0.3) is 11.4 Å². The maximum absolute atomic E-state index is 9.95. The number of aromatic nitrogens is 3. The van der Waals surface area contributed by atoms with Crippen molar-refractivity contribution in [2.24, 2.45) is 5.92 Å². The second-order valence-electron chi connectivity index (χ2n) is 4.88. The molecule has 0 unspecified atom stereocenters. The molecule has 2 rings (SSSR count). The molecule has 1 aromatic heterocycles. The van der Waals surface area contributed by atoms with Crippen LogP contribution in [0, 0.1) is 17.6 Å². The van der Waals surface area contributed by atoms with Gasteiger partial charge in [-0.25, -0.2) is 0 Å². The molecular weight excluding hydrogens is 246 g/mol. The fraction of sp³-hybridized carbons (Fsp3) is 0.385. The van der Waals surface area contributed by atoms with Gasteiger partial charge in [0.2, 0.25) is 0 Å². The van der Waals surface area contributed by atoms with Gasteiger partial charge in [-0.05, 0) is 37.2 Å². The molecule has 4 nitrogen and oxygen atoms in total. The minimum Gasteiger partial charge on any atom is -0.507 e. The van der Waals surface area contributed by atoms with Gasteiger partial charge in [0.1, 0.15) is 5.75 Å². The summed E-state index contributed by atoms with van der Waals surface area (Å²) in [5.41, 5.74) is 1.79. The van der Waals surface area contributed by atoms with Crippen molar-refractivity contribution in [1.82, 2.24) is 14.8 Å². The van der Waals surface area contributed by atoms with Crippen molar-refractivity contribution in [2.75, 3.05) is 0 Å². The van der Waals surface area contributed by atoms with Crippen LogP contribution < -0.4 is 0 Å². The zero-order chi connectivity index (χ0) is 13.3. The number of phenolic OH excluding ortho intramolecular Hbond substituents is 1. The average molecular weight is 263 g/mol. The lowest BCUT2D eigenvalue weighted by atomic mass is 10.1. The highest BCUT2D eigenvalue weighted by atomic mass is 32.1. The molecule has 0 saturated heterocycles. The molecule has 2 aromatic rings. The van der Waals surface area contributed by atoms with E-state index in [1.54, 1.807) is 6.07 Å². The van der Waals surface area contributed by atoms with E-state index in [4.69, 9.17) is 12.2 Å². The molecular formula is C13H17N3OS. The predicted molar refractivity (Wildman–Crippen MR) is 74.1 cm³/mol. The number of hydrogen-bond acceptors (Lipinski definition) is 3. The van der Waals surface area contributed by atoms with Crippen LogP contribution in [0.2, 0.25) is 0 Å². The Kier molecular flexibility index (Phi) is 3.52. The van der Waals surface area contributed by atoms with E-state index in [0.29, 0.717) is 22.1 Å². The molecule has 0 aliphatic heterocycles. The number of benzene rings is 1. The Morgan fingerprint density at radius 2 is 2.17 bits per heavy atom. The maximum Gasteiger partial charge on any atom is 0.195 e. The summed E-state index contributed by atoms with van der Waals surface area (Å²) in [6.07, 6.45) is 0. The Balaban J connectivity index is 2.57. The summed E-state index contributed by atoms with van der Waals surface area (Å²) in [5.74, 6) is 1.37. The molecule has 0 aliphatic rings. The Bertz CT molecular complexity index is 613. The summed E-state index contributed by atoms with van der Waals surface area (Å²) in [5, 5.41) is 17.0. The lowest BCUT2D eigenvalue weighted by molar-refractivity contribution is 0.474. The molecule has 0 bridgehead atoms. The van der Waals surface area contributed by atoms with Gasteiger partial charge in [-0.1, -0.05) is 25.5 Å². The van der Waals surface area contributed by atoms with Crippen LogP contribution in [-0.4, -0.2) is 19.9 Å². The lowest BCUT2D eigenvalue weighted by Gasteiger charge is -2.10. The van der Waals surface area contributed by atoms with Crippen LogP contribution >= 0.6 is 12.2 Å². The molecule has 1 heterocycles. The van der Waals surface area contributed by atoms with Crippen LogP contribution in [0.3, 0.4) is 0 Å². The zero-order valence-electron chi connectivity index (χ0n) is 10.8. The first kappa shape index (κ1) is 12.8. The van der Waals surface area contributed by atoms with Crippen LogP contribution in [0.15, 0.2) is 18.2 Å². The third-order valence-electron chi connectivity index (χ3n) is 2.70. The molecule has 0 fully saturated rings. The first-order chi connectivity index (χ1) is 8.49. The largest absolute Gasteiger partial charge is 0.507 e. The Labute approximate surface area is 111 Å². The minimum absolute atomic E-state index is 0.222. The van der Waals surface area contributed by atoms with Crippen molar-refractivity contribution >= 4 is 12.2 Å². The summed E-state index contributed by atoms with van der Waals surface area (Å²) in [6, 6.07) is 5.46. The van der Waals surface area contributed by atoms with Gasteiger partial charge in [-0.2, -0.15) is 5.10 Å². The summed E-state index contributed by atoms with van der Waals surface area (Å²) < 4.78 is 2.51. The van der Waals surface area contributed by atoms with Gasteiger partial charge in [0.25, 0.3) is 0 Å². The van der Waals surface area contributed by atoms with Gasteiger partial charge in [-0.3, -0.25) is 9.67 Å². The Hall–Kier alpha value is -1.62. The molecule has 0 radical (unpaired) electrons. The predicted octanol–water partition coefficient (Wildman–Crippen LogP) is 3.28. The van der Waals surface area contributed by atoms with E-state index in [1.165, 1.54) is 0 Å². The third kappa shape index (κ3) is 2.46. The van der Waals surface area contributed by atoms with Gasteiger partial charge in [0, 0.05) is 6.54 Å². The molecule has 18 heavy (non-hydrogen) atoms. The van der Waals surface area contributed by atoms with Crippen LogP contribution in [-0.2, 0) is 6.54 Å². The summed E-state index contributed by atoms with van der Waals surface area (Å²) >= 11 is 5.23. The third-order valence-corrected chi connectivity index (χ3v) is 3.01. The van der Waals surface area contributed by atoms with Gasteiger partial charge in [0.05, 0.1) is 5.56 Å². The van der Waals surface area contributed by atoms with E-state index in [9.17, 15) is 5.11 Å². The van der Waals surface area contributed by atoms with E-state index >= 15 is 0 Å². The Morgan fingerprint density at radius 3 is 2.83 bits per heavy atom. The number of nitrogens with one attached hydrogen (secondary N) is 1. The number of aryl methyl sites for hydroxylation is 1. The quantitative estimate of drug-likeness (QED) is 0.836. The van der Waals surface area contributed by atoms with E-state index < -0.39 is 0 Å². The van der Waals surface area contributed by atoms with Gasteiger partial charge in [-0.15, -0.1) is 0 Å². The normalized spacial score (nSPS) is 11.1. The highest BCUT2D eigenvalue weighted by Crippen LogP contribution is 2.28. The minimum atomic E-state index is 0.222. The number of hydrogen-bond donors (Lipinski definition) is 2. The monoisotopic (exact) mass is 263 g/mol.